The Morgan fingerprint density at radius 1 is 0.913 bits per heavy atom. The molecule has 2 heterocycles. The minimum atomic E-state index is 0.150. The maximum absolute atomic E-state index is 6.10. The zero-order valence-corrected chi connectivity index (χ0v) is 13.9. The highest BCUT2D eigenvalue weighted by atomic mass is 16.7. The van der Waals surface area contributed by atoms with Crippen LogP contribution in [0.5, 0.6) is 11.5 Å². The monoisotopic (exact) mass is 308 g/mol. The smallest absolute Gasteiger partial charge is 0.231 e. The molecule has 0 radical (unpaired) electrons. The van der Waals surface area contributed by atoms with Gasteiger partial charge < -0.3 is 13.9 Å². The van der Waals surface area contributed by atoms with Gasteiger partial charge in [0.15, 0.2) is 11.5 Å². The summed E-state index contributed by atoms with van der Waals surface area (Å²) < 4.78 is 17.0. The summed E-state index contributed by atoms with van der Waals surface area (Å²) in [6.45, 7) is 9.02. The Bertz CT molecular complexity index is 880. The summed E-state index contributed by atoms with van der Waals surface area (Å²) in [5.74, 6) is 2.45. The molecule has 0 saturated heterocycles. The van der Waals surface area contributed by atoms with Gasteiger partial charge in [0, 0.05) is 22.6 Å². The molecule has 0 bridgehead atoms. The van der Waals surface area contributed by atoms with Crippen LogP contribution in [-0.4, -0.2) is 6.79 Å². The number of rotatable bonds is 1. The average molecular weight is 308 g/mol. The van der Waals surface area contributed by atoms with Gasteiger partial charge in [0.2, 0.25) is 6.79 Å². The largest absolute Gasteiger partial charge is 0.456 e. The third-order valence-corrected chi connectivity index (χ3v) is 4.44. The Labute approximate surface area is 135 Å². The highest BCUT2D eigenvalue weighted by Crippen LogP contribution is 2.41. The van der Waals surface area contributed by atoms with Gasteiger partial charge in [-0.25, -0.2) is 0 Å². The normalized spacial score (nSPS) is 13.7. The van der Waals surface area contributed by atoms with E-state index in [0.717, 1.165) is 39.4 Å². The van der Waals surface area contributed by atoms with Gasteiger partial charge in [-0.15, -0.1) is 0 Å². The molecule has 0 fully saturated rings. The van der Waals surface area contributed by atoms with Crippen molar-refractivity contribution >= 4 is 11.0 Å². The first-order chi connectivity index (χ1) is 10.9. The summed E-state index contributed by atoms with van der Waals surface area (Å²) in [5, 5.41) is 1.07. The van der Waals surface area contributed by atoms with Crippen LogP contribution in [0.25, 0.3) is 22.3 Å². The zero-order valence-electron chi connectivity index (χ0n) is 13.9. The van der Waals surface area contributed by atoms with Crippen molar-refractivity contribution in [1.82, 2.24) is 0 Å². The minimum Gasteiger partial charge on any atom is -0.456 e. The minimum absolute atomic E-state index is 0.150. The summed E-state index contributed by atoms with van der Waals surface area (Å²) in [5.41, 5.74) is 4.52. The molecular formula is C20H20O3. The van der Waals surface area contributed by atoms with Gasteiger partial charge in [-0.3, -0.25) is 0 Å². The molecule has 3 heteroatoms. The molecule has 3 nitrogen and oxygen atoms in total. The molecule has 118 valence electrons. The van der Waals surface area contributed by atoms with Crippen LogP contribution in [0.1, 0.15) is 31.9 Å². The second-order valence-electron chi connectivity index (χ2n) is 7.09. The second kappa shape index (κ2) is 4.79. The lowest BCUT2D eigenvalue weighted by molar-refractivity contribution is 0.174. The number of fused-ring (bicyclic) bond motifs is 2. The van der Waals surface area contributed by atoms with E-state index in [9.17, 15) is 0 Å². The number of ether oxygens (including phenoxy) is 2. The summed E-state index contributed by atoms with van der Waals surface area (Å²) in [4.78, 5) is 0. The third-order valence-electron chi connectivity index (χ3n) is 4.44. The maximum Gasteiger partial charge on any atom is 0.231 e. The van der Waals surface area contributed by atoms with Crippen molar-refractivity contribution in [2.75, 3.05) is 6.79 Å². The van der Waals surface area contributed by atoms with Crippen molar-refractivity contribution < 1.29 is 13.9 Å². The van der Waals surface area contributed by atoms with E-state index in [0.29, 0.717) is 0 Å². The molecule has 0 spiro atoms. The average Bonchev–Trinajstić information content (AvgIpc) is 3.09. The van der Waals surface area contributed by atoms with Gasteiger partial charge in [0.05, 0.1) is 0 Å². The predicted molar refractivity (Wildman–Crippen MR) is 91.2 cm³/mol. The fourth-order valence-electron chi connectivity index (χ4n) is 3.01. The van der Waals surface area contributed by atoms with E-state index in [1.165, 1.54) is 5.56 Å². The van der Waals surface area contributed by atoms with Gasteiger partial charge in [-0.2, -0.15) is 0 Å². The van der Waals surface area contributed by atoms with Gasteiger partial charge in [0.25, 0.3) is 0 Å². The van der Waals surface area contributed by atoms with E-state index in [1.807, 2.05) is 12.1 Å². The van der Waals surface area contributed by atoms with E-state index in [-0.39, 0.29) is 12.2 Å². The van der Waals surface area contributed by atoms with Crippen molar-refractivity contribution in [3.8, 4) is 22.8 Å². The summed E-state index contributed by atoms with van der Waals surface area (Å²) in [6, 6.07) is 12.5. The molecule has 23 heavy (non-hydrogen) atoms. The number of benzene rings is 2. The van der Waals surface area contributed by atoms with Crippen molar-refractivity contribution in [1.29, 1.82) is 0 Å². The molecule has 0 amide bonds. The highest BCUT2D eigenvalue weighted by molar-refractivity contribution is 5.90. The van der Waals surface area contributed by atoms with E-state index in [2.05, 4.69) is 52.0 Å². The molecule has 2 aromatic carbocycles. The van der Waals surface area contributed by atoms with Crippen LogP contribution in [0.2, 0.25) is 0 Å². The molecule has 0 saturated carbocycles. The number of hydrogen-bond acceptors (Lipinski definition) is 3. The lowest BCUT2D eigenvalue weighted by Gasteiger charge is -2.18. The van der Waals surface area contributed by atoms with E-state index >= 15 is 0 Å². The van der Waals surface area contributed by atoms with Crippen LogP contribution in [0.15, 0.2) is 40.8 Å². The predicted octanol–water partition coefficient (Wildman–Crippen LogP) is 5.43. The van der Waals surface area contributed by atoms with E-state index in [4.69, 9.17) is 13.9 Å². The molecule has 0 unspecified atom stereocenters. The lowest BCUT2D eigenvalue weighted by atomic mass is 9.86. The van der Waals surface area contributed by atoms with Crippen LogP contribution < -0.4 is 9.47 Å². The van der Waals surface area contributed by atoms with Crippen LogP contribution in [0, 0.1) is 6.92 Å². The van der Waals surface area contributed by atoms with Gasteiger partial charge >= 0.3 is 0 Å². The second-order valence-corrected chi connectivity index (χ2v) is 7.09. The Balaban J connectivity index is 1.81. The first-order valence-electron chi connectivity index (χ1n) is 7.87. The van der Waals surface area contributed by atoms with Gasteiger partial charge in [0.1, 0.15) is 11.3 Å². The molecule has 4 rings (SSSR count). The number of aryl methyl sites for hydroxylation is 1. The number of hydrogen-bond donors (Lipinski definition) is 0. The molecule has 0 N–H and O–H groups in total. The summed E-state index contributed by atoms with van der Waals surface area (Å²) in [7, 11) is 0. The molecule has 3 aromatic rings. The number of furan rings is 1. The van der Waals surface area contributed by atoms with Crippen LogP contribution in [-0.2, 0) is 5.41 Å². The Morgan fingerprint density at radius 2 is 1.57 bits per heavy atom. The van der Waals surface area contributed by atoms with Crippen LogP contribution in [0.3, 0.4) is 0 Å². The summed E-state index contributed by atoms with van der Waals surface area (Å²) >= 11 is 0. The standard InChI is InChI=1S/C20H20O3/c1-12-15-9-17-18(22-11-21-17)10-16(15)23-19(12)13-5-7-14(8-6-13)20(2,3)4/h5-10H,11H2,1-4H3. The highest BCUT2D eigenvalue weighted by Gasteiger charge is 2.20. The van der Waals surface area contributed by atoms with Crippen molar-refractivity contribution in [3.63, 3.8) is 0 Å². The summed E-state index contributed by atoms with van der Waals surface area (Å²) in [6.07, 6.45) is 0. The lowest BCUT2D eigenvalue weighted by Crippen LogP contribution is -2.10. The van der Waals surface area contributed by atoms with E-state index in [1.54, 1.807) is 0 Å². The topological polar surface area (TPSA) is 31.6 Å². The van der Waals surface area contributed by atoms with Crippen molar-refractivity contribution in [3.05, 3.63) is 47.5 Å². The van der Waals surface area contributed by atoms with Crippen molar-refractivity contribution in [2.45, 2.75) is 33.1 Å². The molecule has 0 atom stereocenters. The molecule has 0 aliphatic carbocycles. The fraction of sp³-hybridized carbons (Fsp3) is 0.300. The SMILES string of the molecule is Cc1c(-c2ccc(C(C)(C)C)cc2)oc2cc3c(cc12)OCO3. The molecular weight excluding hydrogens is 288 g/mol. The van der Waals surface area contributed by atoms with Crippen LogP contribution >= 0.6 is 0 Å². The molecule has 1 aliphatic heterocycles. The van der Waals surface area contributed by atoms with Gasteiger partial charge in [-0.1, -0.05) is 45.0 Å². The maximum atomic E-state index is 6.10. The molecule has 1 aromatic heterocycles. The van der Waals surface area contributed by atoms with Crippen molar-refractivity contribution in [2.24, 2.45) is 0 Å². The third kappa shape index (κ3) is 2.27. The fourth-order valence-corrected chi connectivity index (χ4v) is 3.01. The van der Waals surface area contributed by atoms with Crippen LogP contribution in [0.4, 0.5) is 0 Å². The zero-order chi connectivity index (χ0) is 16.2. The van der Waals surface area contributed by atoms with Gasteiger partial charge in [-0.05, 0) is 24.0 Å². The first-order valence-corrected chi connectivity index (χ1v) is 7.87. The Kier molecular flexibility index (Phi) is 2.95. The first kappa shape index (κ1) is 14.2. The molecule has 1 aliphatic rings. The van der Waals surface area contributed by atoms with E-state index < -0.39 is 0 Å². The Hall–Kier alpha value is -2.42. The quantitative estimate of drug-likeness (QED) is 0.600. The Morgan fingerprint density at radius 3 is 2.22 bits per heavy atom.